The molecule has 156 valence electrons. The molecule has 0 aliphatic heterocycles. The van der Waals surface area contributed by atoms with Crippen molar-refractivity contribution in [3.05, 3.63) is 51.6 Å². The van der Waals surface area contributed by atoms with Gasteiger partial charge in [0.25, 0.3) is 5.91 Å². The van der Waals surface area contributed by atoms with Gasteiger partial charge in [-0.2, -0.15) is 13.2 Å². The van der Waals surface area contributed by atoms with Gasteiger partial charge < -0.3 is 9.64 Å². The molecule has 2 rings (SSSR count). The summed E-state index contributed by atoms with van der Waals surface area (Å²) in [7, 11) is 1.17. The summed E-state index contributed by atoms with van der Waals surface area (Å²) in [6, 6.07) is 5.06. The molecule has 0 unspecified atom stereocenters. The van der Waals surface area contributed by atoms with Crippen LogP contribution in [0.4, 0.5) is 18.9 Å². The lowest BCUT2D eigenvalue weighted by Gasteiger charge is -2.24. The average Bonchev–Trinajstić information content (AvgIpc) is 2.67. The van der Waals surface area contributed by atoms with Gasteiger partial charge >= 0.3 is 12.1 Å². The van der Waals surface area contributed by atoms with Crippen molar-refractivity contribution in [2.24, 2.45) is 0 Å². The molecule has 0 aliphatic carbocycles. The number of pyridine rings is 1. The summed E-state index contributed by atoms with van der Waals surface area (Å²) in [5.74, 6) is -1.74. The molecule has 0 atom stereocenters. The van der Waals surface area contributed by atoms with E-state index in [0.29, 0.717) is 5.02 Å². The van der Waals surface area contributed by atoms with E-state index in [1.165, 1.54) is 25.3 Å². The van der Waals surface area contributed by atoms with Crippen LogP contribution in [0.5, 0.6) is 0 Å². The molecule has 1 aromatic carbocycles. The Kier molecular flexibility index (Phi) is 7.79. The fourth-order valence-electron chi connectivity index (χ4n) is 2.38. The number of methoxy groups -OCH3 is 1. The molecule has 0 fully saturated rings. The van der Waals surface area contributed by atoms with Crippen LogP contribution in [0.25, 0.3) is 0 Å². The van der Waals surface area contributed by atoms with Gasteiger partial charge in [0, 0.05) is 17.8 Å². The van der Waals surface area contributed by atoms with E-state index in [2.05, 4.69) is 9.72 Å². The van der Waals surface area contributed by atoms with E-state index < -0.39 is 29.2 Å². The quantitative estimate of drug-likeness (QED) is 0.424. The third-order valence-corrected chi connectivity index (χ3v) is 5.18. The number of thioether (sulfide) groups is 1. The summed E-state index contributed by atoms with van der Waals surface area (Å²) in [5.41, 5.74) is -1.57. The first-order valence-electron chi connectivity index (χ1n) is 8.12. The number of esters is 1. The van der Waals surface area contributed by atoms with E-state index in [1.54, 1.807) is 6.92 Å². The number of rotatable bonds is 6. The summed E-state index contributed by atoms with van der Waals surface area (Å²) in [6.07, 6.45) is -3.96. The Hall–Kier alpha value is -1.97. The van der Waals surface area contributed by atoms with Crippen LogP contribution in [0.2, 0.25) is 10.0 Å². The summed E-state index contributed by atoms with van der Waals surface area (Å²) < 4.78 is 45.3. The molecule has 0 aliphatic rings. The third-order valence-electron chi connectivity index (χ3n) is 3.74. The number of alkyl halides is 3. The van der Waals surface area contributed by atoms with Crippen molar-refractivity contribution in [3.63, 3.8) is 0 Å². The number of ether oxygens (including phenoxy) is 1. The molecule has 1 amide bonds. The van der Waals surface area contributed by atoms with Gasteiger partial charge in [0.05, 0.1) is 39.7 Å². The molecule has 29 heavy (non-hydrogen) atoms. The Balaban J connectivity index is 2.45. The fraction of sp³-hybridized carbons (Fsp3) is 0.278. The van der Waals surface area contributed by atoms with E-state index in [0.717, 1.165) is 28.9 Å². The van der Waals surface area contributed by atoms with Crippen molar-refractivity contribution in [2.45, 2.75) is 18.1 Å². The van der Waals surface area contributed by atoms with Crippen molar-refractivity contribution in [1.82, 2.24) is 4.98 Å². The van der Waals surface area contributed by atoms with Gasteiger partial charge in [-0.05, 0) is 31.2 Å². The molecular formula is C18H15Cl2F3N2O3S. The molecule has 0 radical (unpaired) electrons. The van der Waals surface area contributed by atoms with Crippen LogP contribution >= 0.6 is 35.0 Å². The number of hydrogen-bond acceptors (Lipinski definition) is 5. The zero-order chi connectivity index (χ0) is 21.8. The van der Waals surface area contributed by atoms with Gasteiger partial charge in [0.2, 0.25) is 0 Å². The van der Waals surface area contributed by atoms with Crippen molar-refractivity contribution < 1.29 is 27.5 Å². The van der Waals surface area contributed by atoms with Gasteiger partial charge in [-0.3, -0.25) is 9.59 Å². The fourth-order valence-corrected chi connectivity index (χ4v) is 3.60. The second-order valence-electron chi connectivity index (χ2n) is 5.58. The zero-order valence-electron chi connectivity index (χ0n) is 15.2. The van der Waals surface area contributed by atoms with Crippen LogP contribution in [0, 0.1) is 0 Å². The number of carbonyl (C=O) groups is 2. The number of amides is 1. The monoisotopic (exact) mass is 466 g/mol. The minimum atomic E-state index is -4.81. The van der Waals surface area contributed by atoms with Gasteiger partial charge in [-0.1, -0.05) is 35.0 Å². The molecular weight excluding hydrogens is 452 g/mol. The van der Waals surface area contributed by atoms with Crippen LogP contribution in [0.15, 0.2) is 35.5 Å². The number of carbonyl (C=O) groups excluding carboxylic acids is 2. The van der Waals surface area contributed by atoms with Gasteiger partial charge in [0.15, 0.2) is 0 Å². The highest BCUT2D eigenvalue weighted by molar-refractivity contribution is 7.99. The van der Waals surface area contributed by atoms with Crippen LogP contribution < -0.4 is 4.90 Å². The van der Waals surface area contributed by atoms with Crippen LogP contribution in [-0.4, -0.2) is 36.3 Å². The van der Waals surface area contributed by atoms with E-state index in [9.17, 15) is 22.8 Å². The topological polar surface area (TPSA) is 59.5 Å². The van der Waals surface area contributed by atoms with Gasteiger partial charge in [-0.15, -0.1) is 0 Å². The summed E-state index contributed by atoms with van der Waals surface area (Å²) >= 11 is 12.7. The van der Waals surface area contributed by atoms with E-state index in [4.69, 9.17) is 23.2 Å². The zero-order valence-corrected chi connectivity index (χ0v) is 17.5. The second-order valence-corrected chi connectivity index (χ2v) is 7.42. The standard InChI is InChI=1S/C18H15Cl2F3N2O3S/c1-3-25(14-5-4-10(19)6-13(14)20)17(27)11-8-24-15(29-9-16(26)28-2)7-12(11)18(21,22)23/h4-8H,3,9H2,1-2H3. The van der Waals surface area contributed by atoms with Crippen LogP contribution in [0.3, 0.4) is 0 Å². The number of hydrogen-bond donors (Lipinski definition) is 0. The predicted molar refractivity (Wildman–Crippen MR) is 106 cm³/mol. The number of aromatic nitrogens is 1. The van der Waals surface area contributed by atoms with Gasteiger partial charge in [-0.25, -0.2) is 4.98 Å². The third kappa shape index (κ3) is 5.77. The van der Waals surface area contributed by atoms with E-state index in [-0.39, 0.29) is 28.0 Å². The Morgan fingerprint density at radius 2 is 1.93 bits per heavy atom. The maximum absolute atomic E-state index is 13.6. The lowest BCUT2D eigenvalue weighted by atomic mass is 10.1. The first kappa shape index (κ1) is 23.3. The Labute approximate surface area is 179 Å². The first-order chi connectivity index (χ1) is 13.6. The van der Waals surface area contributed by atoms with Crippen molar-refractivity contribution in [3.8, 4) is 0 Å². The summed E-state index contributed by atoms with van der Waals surface area (Å²) in [6.45, 7) is 1.67. The summed E-state index contributed by atoms with van der Waals surface area (Å²) in [5, 5.41) is 0.387. The van der Waals surface area contributed by atoms with E-state index in [1.807, 2.05) is 0 Å². The van der Waals surface area contributed by atoms with E-state index >= 15 is 0 Å². The highest BCUT2D eigenvalue weighted by atomic mass is 35.5. The Morgan fingerprint density at radius 1 is 1.24 bits per heavy atom. The predicted octanol–water partition coefficient (Wildman–Crippen LogP) is 5.34. The number of halogens is 5. The first-order valence-corrected chi connectivity index (χ1v) is 9.86. The average molecular weight is 467 g/mol. The maximum Gasteiger partial charge on any atom is 0.417 e. The van der Waals surface area contributed by atoms with Crippen LogP contribution in [-0.2, 0) is 15.7 Å². The van der Waals surface area contributed by atoms with Crippen molar-refractivity contribution >= 4 is 52.5 Å². The lowest BCUT2D eigenvalue weighted by Crippen LogP contribution is -2.32. The molecule has 0 saturated heterocycles. The molecule has 2 aromatic rings. The molecule has 11 heteroatoms. The largest absolute Gasteiger partial charge is 0.468 e. The Morgan fingerprint density at radius 3 is 2.48 bits per heavy atom. The van der Waals surface area contributed by atoms with Crippen molar-refractivity contribution in [2.75, 3.05) is 24.3 Å². The smallest absolute Gasteiger partial charge is 0.417 e. The lowest BCUT2D eigenvalue weighted by molar-refractivity contribution is -0.138. The summed E-state index contributed by atoms with van der Waals surface area (Å²) in [4.78, 5) is 29.1. The molecule has 5 nitrogen and oxygen atoms in total. The van der Waals surface area contributed by atoms with Crippen LogP contribution in [0.1, 0.15) is 22.8 Å². The molecule has 1 heterocycles. The highest BCUT2D eigenvalue weighted by Crippen LogP contribution is 2.36. The SMILES string of the molecule is CCN(C(=O)c1cnc(SCC(=O)OC)cc1C(F)(F)F)c1ccc(Cl)cc1Cl. The molecule has 0 spiro atoms. The number of nitrogens with zero attached hydrogens (tertiary/aromatic N) is 2. The van der Waals surface area contributed by atoms with Crippen molar-refractivity contribution in [1.29, 1.82) is 0 Å². The maximum atomic E-state index is 13.6. The van der Waals surface area contributed by atoms with Gasteiger partial charge in [0.1, 0.15) is 0 Å². The molecule has 0 bridgehead atoms. The highest BCUT2D eigenvalue weighted by Gasteiger charge is 2.37. The Bertz CT molecular complexity index is 926. The normalized spacial score (nSPS) is 11.3. The molecule has 0 saturated carbocycles. The minimum absolute atomic E-state index is 0.0631. The number of benzene rings is 1. The molecule has 0 N–H and O–H groups in total. The minimum Gasteiger partial charge on any atom is -0.468 e. The second kappa shape index (κ2) is 9.69. The number of anilines is 1. The molecule has 1 aromatic heterocycles.